The quantitative estimate of drug-likeness (QED) is 0.160. The zero-order valence-electron chi connectivity index (χ0n) is 29.1. The number of aryl methyl sites for hydroxylation is 4. The zero-order valence-corrected chi connectivity index (χ0v) is 31.6. The Labute approximate surface area is 311 Å². The monoisotopic (exact) mass is 710 g/mol. The maximum absolute atomic E-state index is 7.96. The fraction of sp³-hybridized carbons (Fsp3) is 0.0833. The summed E-state index contributed by atoms with van der Waals surface area (Å²) in [4.78, 5) is 0. The van der Waals surface area contributed by atoms with Crippen molar-refractivity contribution in [3.63, 3.8) is 0 Å². The Morgan fingerprint density at radius 2 is 0.706 bits per heavy atom. The van der Waals surface area contributed by atoms with Crippen LogP contribution >= 0.6 is 23.2 Å². The molecule has 0 aromatic heterocycles. The molecule has 1 heterocycles. The standard InChI is InChI=1S/C48H36Cl2Si/c1-29-23-25-41(47(49)37-27-31(3)43(45(29)37)33-15-7-5-8-16-33)51(39-21-13-11-19-35(39)36-20-12-14-22-40(36)51)42-26-24-30(2)46-38(48(42)50)28-32(4)44(46)34-17-9-6-10-18-34/h5-28H,1-4H3. The van der Waals surface area contributed by atoms with Gasteiger partial charge in [0.15, 0.2) is 8.07 Å². The smallest absolute Gasteiger partial charge is 0.0837 e. The highest BCUT2D eigenvalue weighted by Crippen LogP contribution is 2.46. The molecular weight excluding hydrogens is 676 g/mol. The highest BCUT2D eigenvalue weighted by atomic mass is 35.5. The van der Waals surface area contributed by atoms with Crippen molar-refractivity contribution in [1.82, 2.24) is 0 Å². The molecule has 51 heavy (non-hydrogen) atoms. The van der Waals surface area contributed by atoms with Gasteiger partial charge in [0.25, 0.3) is 0 Å². The van der Waals surface area contributed by atoms with E-state index >= 15 is 0 Å². The minimum absolute atomic E-state index is 0.806. The van der Waals surface area contributed by atoms with Crippen LogP contribution in [0.1, 0.15) is 22.3 Å². The van der Waals surface area contributed by atoms with Crippen molar-refractivity contribution in [3.8, 4) is 55.6 Å². The minimum atomic E-state index is -3.14. The Morgan fingerprint density at radius 3 is 1.12 bits per heavy atom. The van der Waals surface area contributed by atoms with Gasteiger partial charge < -0.3 is 0 Å². The van der Waals surface area contributed by atoms with Crippen molar-refractivity contribution in [2.75, 3.05) is 0 Å². The van der Waals surface area contributed by atoms with Crippen LogP contribution in [-0.4, -0.2) is 8.07 Å². The predicted molar refractivity (Wildman–Crippen MR) is 222 cm³/mol. The highest BCUT2D eigenvalue weighted by Gasteiger charge is 2.51. The third-order valence-corrected chi connectivity index (χ3v) is 17.2. The summed E-state index contributed by atoms with van der Waals surface area (Å²) in [5.41, 5.74) is 16.9. The third-order valence-electron chi connectivity index (χ3n) is 11.2. The van der Waals surface area contributed by atoms with Crippen molar-refractivity contribution in [2.45, 2.75) is 27.7 Å². The number of fused-ring (bicyclic) bond motifs is 5. The van der Waals surface area contributed by atoms with Crippen LogP contribution < -0.4 is 20.7 Å². The molecule has 0 bridgehead atoms. The first kappa shape index (κ1) is 32.0. The van der Waals surface area contributed by atoms with E-state index in [9.17, 15) is 0 Å². The number of hydrogen-bond donors (Lipinski definition) is 0. The number of halogens is 2. The lowest BCUT2D eigenvalue weighted by atomic mass is 9.97. The largest absolute Gasteiger partial charge is 0.183 e. The average Bonchev–Trinajstić information content (AvgIpc) is 3.74. The Bertz CT molecular complexity index is 2400. The maximum atomic E-state index is 7.96. The Hall–Kier alpha value is -4.92. The molecule has 0 N–H and O–H groups in total. The van der Waals surface area contributed by atoms with Crippen LogP contribution in [0.3, 0.4) is 0 Å². The van der Waals surface area contributed by atoms with Gasteiger partial charge in [0.2, 0.25) is 0 Å². The van der Waals surface area contributed by atoms with Gasteiger partial charge in [-0.1, -0.05) is 157 Å². The molecule has 0 saturated carbocycles. The fourth-order valence-corrected chi connectivity index (χ4v) is 15.6. The lowest BCUT2D eigenvalue weighted by Gasteiger charge is -2.32. The Kier molecular flexibility index (Phi) is 7.60. The van der Waals surface area contributed by atoms with E-state index in [0.717, 1.165) is 31.5 Å². The molecule has 4 aliphatic carbocycles. The lowest BCUT2D eigenvalue weighted by molar-refractivity contribution is 1.49. The zero-order chi connectivity index (χ0) is 35.0. The van der Waals surface area contributed by atoms with E-state index in [4.69, 9.17) is 23.2 Å². The summed E-state index contributed by atoms with van der Waals surface area (Å²) in [6, 6.07) is 53.1. The molecule has 4 aromatic rings. The summed E-state index contributed by atoms with van der Waals surface area (Å²) in [7, 11) is -3.14. The average molecular weight is 712 g/mol. The van der Waals surface area contributed by atoms with Crippen LogP contribution in [0.4, 0.5) is 0 Å². The molecular formula is C48H36Cl2Si. The van der Waals surface area contributed by atoms with Crippen LogP contribution in [0.5, 0.6) is 0 Å². The normalized spacial score (nSPS) is 13.1. The maximum Gasteiger partial charge on any atom is 0.183 e. The molecule has 0 radical (unpaired) electrons. The van der Waals surface area contributed by atoms with E-state index in [0.29, 0.717) is 0 Å². The van der Waals surface area contributed by atoms with Crippen LogP contribution in [0, 0.1) is 27.7 Å². The van der Waals surface area contributed by atoms with Gasteiger partial charge in [0, 0.05) is 21.2 Å². The molecule has 0 amide bonds. The molecule has 9 rings (SSSR count). The topological polar surface area (TPSA) is 0 Å². The van der Waals surface area contributed by atoms with Crippen LogP contribution in [0.2, 0.25) is 10.0 Å². The second-order valence-corrected chi connectivity index (χ2v) is 18.5. The van der Waals surface area contributed by atoms with Gasteiger partial charge >= 0.3 is 0 Å². The van der Waals surface area contributed by atoms with Gasteiger partial charge in [0.05, 0.1) is 0 Å². The first-order valence-electron chi connectivity index (χ1n) is 17.6. The molecule has 4 aromatic carbocycles. The van der Waals surface area contributed by atoms with E-state index < -0.39 is 8.07 Å². The summed E-state index contributed by atoms with van der Waals surface area (Å²) in [6.07, 6.45) is 0. The number of hydrogen-bond acceptors (Lipinski definition) is 0. The second-order valence-electron chi connectivity index (χ2n) is 14.0. The van der Waals surface area contributed by atoms with Gasteiger partial charge in [0.1, 0.15) is 0 Å². The fourth-order valence-electron chi connectivity index (χ4n) is 9.06. The predicted octanol–water partition coefficient (Wildman–Crippen LogP) is 11.1. The molecule has 0 unspecified atom stereocenters. The molecule has 0 fully saturated rings. The summed E-state index contributed by atoms with van der Waals surface area (Å²) in [5.74, 6) is 0. The number of benzene rings is 4. The van der Waals surface area contributed by atoms with E-state index in [-0.39, 0.29) is 0 Å². The van der Waals surface area contributed by atoms with Gasteiger partial charge in [-0.05, 0) is 127 Å². The minimum Gasteiger partial charge on any atom is -0.0837 e. The molecule has 3 heteroatoms. The highest BCUT2D eigenvalue weighted by molar-refractivity contribution is 7.23. The van der Waals surface area contributed by atoms with Crippen molar-refractivity contribution >= 4 is 52.0 Å². The second kappa shape index (κ2) is 12.1. The van der Waals surface area contributed by atoms with Gasteiger partial charge in [-0.3, -0.25) is 0 Å². The number of rotatable bonds is 4. The first-order valence-corrected chi connectivity index (χ1v) is 20.3. The molecule has 1 aliphatic heterocycles. The summed E-state index contributed by atoms with van der Waals surface area (Å²) in [6.45, 7) is 8.86. The Morgan fingerprint density at radius 1 is 0.333 bits per heavy atom. The first-order chi connectivity index (χ1) is 24.8. The van der Waals surface area contributed by atoms with Crippen LogP contribution in [0.15, 0.2) is 146 Å². The molecule has 0 atom stereocenters. The van der Waals surface area contributed by atoms with E-state index in [1.54, 1.807) is 0 Å². The van der Waals surface area contributed by atoms with Crippen molar-refractivity contribution < 1.29 is 0 Å². The van der Waals surface area contributed by atoms with Crippen LogP contribution in [0.25, 0.3) is 55.6 Å². The Balaban J connectivity index is 1.42. The molecule has 246 valence electrons. The van der Waals surface area contributed by atoms with E-state index in [1.165, 1.54) is 77.1 Å². The van der Waals surface area contributed by atoms with Crippen LogP contribution in [-0.2, 0) is 0 Å². The SMILES string of the molecule is Cc1cc2c(Cl)c([Si]3(c4ccc(C)c5c(-c6ccccc6)c(C)cc-5c4Cl)c4ccccc4-c4ccccc43)ccc(C)c-2c1-c1ccccc1. The summed E-state index contributed by atoms with van der Waals surface area (Å²) < 4.78 is 0. The van der Waals surface area contributed by atoms with Gasteiger partial charge in [-0.2, -0.15) is 0 Å². The van der Waals surface area contributed by atoms with Gasteiger partial charge in [-0.15, -0.1) is 0 Å². The van der Waals surface area contributed by atoms with Gasteiger partial charge in [-0.25, -0.2) is 0 Å². The van der Waals surface area contributed by atoms with Crippen molar-refractivity contribution in [2.24, 2.45) is 0 Å². The molecule has 5 aliphatic rings. The summed E-state index contributed by atoms with van der Waals surface area (Å²) in [5, 5.41) is 6.58. The summed E-state index contributed by atoms with van der Waals surface area (Å²) >= 11 is 15.9. The van der Waals surface area contributed by atoms with E-state index in [1.807, 2.05) is 0 Å². The van der Waals surface area contributed by atoms with E-state index in [2.05, 4.69) is 173 Å². The molecule has 0 spiro atoms. The lowest BCUT2D eigenvalue weighted by Crippen LogP contribution is -2.73. The van der Waals surface area contributed by atoms with Crippen molar-refractivity contribution in [1.29, 1.82) is 0 Å². The molecule has 0 saturated heterocycles. The van der Waals surface area contributed by atoms with Crippen molar-refractivity contribution in [3.05, 3.63) is 178 Å². The molecule has 0 nitrogen and oxygen atoms in total. The third kappa shape index (κ3) is 4.58.